The highest BCUT2D eigenvalue weighted by Gasteiger charge is 2.30. The molecule has 4 rings (SSSR count). The van der Waals surface area contributed by atoms with E-state index < -0.39 is 6.10 Å². The zero-order chi connectivity index (χ0) is 24.8. The highest BCUT2D eigenvalue weighted by molar-refractivity contribution is 6.06. The number of benzene rings is 3. The molecular weight excluding hydrogens is 444 g/mol. The second-order valence-corrected chi connectivity index (χ2v) is 8.31. The number of fused-ring (bicyclic) bond motifs is 1. The third kappa shape index (κ3) is 5.40. The van der Waals surface area contributed by atoms with Gasteiger partial charge in [-0.05, 0) is 54.8 Å². The van der Waals surface area contributed by atoms with Crippen LogP contribution in [0.25, 0.3) is 0 Å². The lowest BCUT2D eigenvalue weighted by atomic mass is 10.1. The van der Waals surface area contributed by atoms with Gasteiger partial charge in [-0.1, -0.05) is 37.3 Å². The van der Waals surface area contributed by atoms with Gasteiger partial charge in [-0.3, -0.25) is 9.59 Å². The van der Waals surface area contributed by atoms with Crippen LogP contribution in [0, 0.1) is 0 Å². The number of nitrogens with one attached hydrogen (secondary N) is 1. The van der Waals surface area contributed by atoms with Crippen LogP contribution in [0.4, 0.5) is 5.69 Å². The normalized spacial score (nSPS) is 15.0. The second kappa shape index (κ2) is 11.0. The van der Waals surface area contributed by atoms with Crippen molar-refractivity contribution in [2.75, 3.05) is 26.1 Å². The Balaban J connectivity index is 1.55. The van der Waals surface area contributed by atoms with E-state index in [1.807, 2.05) is 54.3 Å². The molecule has 7 nitrogen and oxygen atoms in total. The molecule has 35 heavy (non-hydrogen) atoms. The van der Waals surface area contributed by atoms with Gasteiger partial charge in [0.2, 0.25) is 0 Å². The van der Waals surface area contributed by atoms with E-state index in [1.165, 1.54) is 7.11 Å². The number of nitrogens with zero attached hydrogens (tertiary/aromatic N) is 1. The minimum Gasteiger partial charge on any atom is -0.496 e. The van der Waals surface area contributed by atoms with Crippen molar-refractivity contribution < 1.29 is 23.8 Å². The maximum absolute atomic E-state index is 13.2. The highest BCUT2D eigenvalue weighted by atomic mass is 16.5. The number of hydrogen-bond donors (Lipinski definition) is 1. The van der Waals surface area contributed by atoms with E-state index in [2.05, 4.69) is 5.32 Å². The SMILES string of the molecule is CCC1Oc2ccc(NC(=O)c3ccccc3OC)cc2CN(CCc2ccccc2OC)C1=O. The van der Waals surface area contributed by atoms with Gasteiger partial charge < -0.3 is 24.4 Å². The first-order valence-corrected chi connectivity index (χ1v) is 11.7. The van der Waals surface area contributed by atoms with Crippen molar-refractivity contribution in [2.45, 2.75) is 32.4 Å². The number of carbonyl (C=O) groups is 2. The van der Waals surface area contributed by atoms with Gasteiger partial charge in [0.1, 0.15) is 17.2 Å². The van der Waals surface area contributed by atoms with Crippen molar-refractivity contribution in [2.24, 2.45) is 0 Å². The third-order valence-electron chi connectivity index (χ3n) is 6.10. The molecule has 0 saturated carbocycles. The van der Waals surface area contributed by atoms with Crippen LogP contribution in [0.15, 0.2) is 66.7 Å². The van der Waals surface area contributed by atoms with Gasteiger partial charge in [-0.25, -0.2) is 0 Å². The molecule has 1 aliphatic rings. The predicted octanol–water partition coefficient (Wildman–Crippen LogP) is 4.70. The topological polar surface area (TPSA) is 77.1 Å². The summed E-state index contributed by atoms with van der Waals surface area (Å²) >= 11 is 0. The van der Waals surface area contributed by atoms with Crippen LogP contribution in [0.1, 0.15) is 34.8 Å². The van der Waals surface area contributed by atoms with Crippen LogP contribution in [0.3, 0.4) is 0 Å². The van der Waals surface area contributed by atoms with Gasteiger partial charge in [0.25, 0.3) is 11.8 Å². The zero-order valence-corrected chi connectivity index (χ0v) is 20.2. The van der Waals surface area contributed by atoms with Crippen molar-refractivity contribution in [1.82, 2.24) is 4.90 Å². The number of carbonyl (C=O) groups excluding carboxylic acids is 2. The van der Waals surface area contributed by atoms with Crippen LogP contribution >= 0.6 is 0 Å². The Kier molecular flexibility index (Phi) is 7.55. The van der Waals surface area contributed by atoms with Crippen molar-refractivity contribution in [3.8, 4) is 17.2 Å². The van der Waals surface area contributed by atoms with Crippen LogP contribution in [0.5, 0.6) is 17.2 Å². The van der Waals surface area contributed by atoms with Gasteiger partial charge >= 0.3 is 0 Å². The first-order chi connectivity index (χ1) is 17.0. The Morgan fingerprint density at radius 1 is 1.03 bits per heavy atom. The molecule has 0 bridgehead atoms. The van der Waals surface area contributed by atoms with E-state index in [1.54, 1.807) is 31.4 Å². The fourth-order valence-electron chi connectivity index (χ4n) is 4.23. The summed E-state index contributed by atoms with van der Waals surface area (Å²) in [5.74, 6) is 1.65. The Morgan fingerprint density at radius 3 is 2.49 bits per heavy atom. The Hall–Kier alpha value is -4.00. The molecule has 0 aromatic heterocycles. The molecule has 3 aromatic carbocycles. The zero-order valence-electron chi connectivity index (χ0n) is 20.2. The predicted molar refractivity (Wildman–Crippen MR) is 134 cm³/mol. The van der Waals surface area contributed by atoms with Crippen LogP contribution in [-0.2, 0) is 17.8 Å². The molecule has 0 spiro atoms. The maximum atomic E-state index is 13.2. The van der Waals surface area contributed by atoms with E-state index in [9.17, 15) is 9.59 Å². The van der Waals surface area contributed by atoms with E-state index >= 15 is 0 Å². The van der Waals surface area contributed by atoms with E-state index in [-0.39, 0.29) is 11.8 Å². The van der Waals surface area contributed by atoms with Gasteiger partial charge in [-0.2, -0.15) is 0 Å². The van der Waals surface area contributed by atoms with Crippen LogP contribution in [0.2, 0.25) is 0 Å². The van der Waals surface area contributed by atoms with Gasteiger partial charge in [0, 0.05) is 24.3 Å². The standard InChI is InChI=1S/C28H30N2O5/c1-4-23-28(32)30(16-15-19-9-5-7-11-24(19)33-2)18-20-17-21(13-14-25(20)35-23)29-27(31)22-10-6-8-12-26(22)34-3/h5-14,17,23H,4,15-16,18H2,1-3H3,(H,29,31). The summed E-state index contributed by atoms with van der Waals surface area (Å²) in [6.45, 7) is 2.85. The smallest absolute Gasteiger partial charge is 0.263 e. The quantitative estimate of drug-likeness (QED) is 0.512. The van der Waals surface area contributed by atoms with Gasteiger partial charge in [-0.15, -0.1) is 0 Å². The molecule has 0 saturated heterocycles. The number of ether oxygens (including phenoxy) is 3. The molecule has 7 heteroatoms. The summed E-state index contributed by atoms with van der Waals surface area (Å²) in [5.41, 5.74) is 2.95. The van der Waals surface area contributed by atoms with Crippen molar-refractivity contribution in [3.63, 3.8) is 0 Å². The lowest BCUT2D eigenvalue weighted by molar-refractivity contribution is -0.138. The molecule has 1 aliphatic heterocycles. The number of amides is 2. The first kappa shape index (κ1) is 24.1. The Labute approximate surface area is 205 Å². The summed E-state index contributed by atoms with van der Waals surface area (Å²) in [6.07, 6.45) is 0.671. The molecule has 0 aliphatic carbocycles. The van der Waals surface area contributed by atoms with Gasteiger partial charge in [0.05, 0.1) is 19.8 Å². The molecule has 1 N–H and O–H groups in total. The van der Waals surface area contributed by atoms with Gasteiger partial charge in [0.15, 0.2) is 6.10 Å². The van der Waals surface area contributed by atoms with Crippen molar-refractivity contribution >= 4 is 17.5 Å². The fourth-order valence-corrected chi connectivity index (χ4v) is 4.23. The van der Waals surface area contributed by atoms with Crippen molar-refractivity contribution in [3.05, 3.63) is 83.4 Å². The molecule has 2 amide bonds. The average Bonchev–Trinajstić information content (AvgIpc) is 3.03. The Bertz CT molecular complexity index is 1210. The number of hydrogen-bond acceptors (Lipinski definition) is 5. The fraction of sp³-hybridized carbons (Fsp3) is 0.286. The summed E-state index contributed by atoms with van der Waals surface area (Å²) in [7, 11) is 3.18. The van der Waals surface area contributed by atoms with Crippen LogP contribution < -0.4 is 19.5 Å². The number of anilines is 1. The summed E-state index contributed by atoms with van der Waals surface area (Å²) < 4.78 is 16.8. The molecular formula is C28H30N2O5. The lowest BCUT2D eigenvalue weighted by Gasteiger charge is -2.23. The maximum Gasteiger partial charge on any atom is 0.263 e. The lowest BCUT2D eigenvalue weighted by Crippen LogP contribution is -2.40. The molecule has 0 fully saturated rings. The number of methoxy groups -OCH3 is 2. The molecule has 0 radical (unpaired) electrons. The second-order valence-electron chi connectivity index (χ2n) is 8.31. The van der Waals surface area contributed by atoms with Crippen LogP contribution in [-0.4, -0.2) is 43.6 Å². The number of para-hydroxylation sites is 2. The summed E-state index contributed by atoms with van der Waals surface area (Å²) in [5, 5.41) is 2.93. The average molecular weight is 475 g/mol. The third-order valence-corrected chi connectivity index (χ3v) is 6.10. The summed E-state index contributed by atoms with van der Waals surface area (Å²) in [4.78, 5) is 27.9. The minimum absolute atomic E-state index is 0.0433. The Morgan fingerprint density at radius 2 is 1.74 bits per heavy atom. The summed E-state index contributed by atoms with van der Waals surface area (Å²) in [6, 6.07) is 20.3. The molecule has 3 aromatic rings. The van der Waals surface area contributed by atoms with E-state index in [4.69, 9.17) is 14.2 Å². The number of rotatable bonds is 8. The molecule has 182 valence electrons. The molecule has 1 unspecified atom stereocenters. The largest absolute Gasteiger partial charge is 0.496 e. The van der Waals surface area contributed by atoms with E-state index in [0.717, 1.165) is 16.9 Å². The molecule has 1 atom stereocenters. The van der Waals surface area contributed by atoms with Crippen molar-refractivity contribution in [1.29, 1.82) is 0 Å². The highest BCUT2D eigenvalue weighted by Crippen LogP contribution is 2.30. The monoisotopic (exact) mass is 474 g/mol. The first-order valence-electron chi connectivity index (χ1n) is 11.7. The molecule has 1 heterocycles. The minimum atomic E-state index is -0.553. The van der Waals surface area contributed by atoms with E-state index in [0.29, 0.717) is 48.7 Å².